The quantitative estimate of drug-likeness (QED) is 0.483. The lowest BCUT2D eigenvalue weighted by atomic mass is 10.1. The van der Waals surface area contributed by atoms with Crippen LogP contribution in [0, 0.1) is 0 Å². The monoisotopic (exact) mass is 360 g/mol. The van der Waals surface area contributed by atoms with Crippen molar-refractivity contribution in [2.45, 2.75) is 81.9 Å². The number of rotatable bonds is 14. The van der Waals surface area contributed by atoms with E-state index in [-0.39, 0.29) is 6.54 Å². The van der Waals surface area contributed by atoms with Crippen molar-refractivity contribution >= 4 is 21.4 Å². The van der Waals surface area contributed by atoms with Crippen LogP contribution in [-0.4, -0.2) is 15.0 Å². The molecule has 0 saturated carbocycles. The summed E-state index contributed by atoms with van der Waals surface area (Å²) in [5.74, 6) is 0. The number of sulfonamides is 1. The van der Waals surface area contributed by atoms with Crippen molar-refractivity contribution in [3.63, 3.8) is 0 Å². The average Bonchev–Trinajstić information content (AvgIpc) is 3.02. The van der Waals surface area contributed by atoms with Gasteiger partial charge in [0.05, 0.1) is 0 Å². The average molecular weight is 361 g/mol. The molecule has 0 bridgehead atoms. The summed E-state index contributed by atoms with van der Waals surface area (Å²) in [7, 11) is -3.38. The van der Waals surface area contributed by atoms with E-state index in [1.165, 1.54) is 62.7 Å². The van der Waals surface area contributed by atoms with E-state index in [0.717, 1.165) is 12.8 Å². The Hall–Kier alpha value is -0.430. The Bertz CT molecular complexity index is 512. The van der Waals surface area contributed by atoms with Crippen molar-refractivity contribution in [1.29, 1.82) is 0 Å². The van der Waals surface area contributed by atoms with Gasteiger partial charge in [0, 0.05) is 13.1 Å². The van der Waals surface area contributed by atoms with Crippen LogP contribution in [0.4, 0.5) is 0 Å². The minimum absolute atomic E-state index is 0.262. The van der Waals surface area contributed by atoms with Gasteiger partial charge in [-0.05, 0) is 23.4 Å². The molecule has 0 aliphatic rings. The molecule has 0 unspecified atom stereocenters. The fourth-order valence-electron chi connectivity index (χ4n) is 2.59. The van der Waals surface area contributed by atoms with Crippen LogP contribution < -0.4 is 10.5 Å². The molecular formula is C17H32N2O2S2. The van der Waals surface area contributed by atoms with Gasteiger partial charge in [-0.15, -0.1) is 11.3 Å². The Kier molecular flexibility index (Phi) is 10.8. The van der Waals surface area contributed by atoms with Crippen LogP contribution in [0.3, 0.4) is 0 Å². The zero-order valence-electron chi connectivity index (χ0n) is 14.4. The second-order valence-electron chi connectivity index (χ2n) is 6.02. The van der Waals surface area contributed by atoms with Crippen molar-refractivity contribution in [2.75, 3.05) is 6.54 Å². The standard InChI is InChI=1S/C17H32N2O2S2/c1-2-3-4-5-6-7-8-9-10-11-13-19-23(20,21)17-16(15-18)12-14-22-17/h12,14,19H,2-11,13,15,18H2,1H3. The first-order chi connectivity index (χ1) is 11.1. The molecule has 0 aliphatic heterocycles. The van der Waals surface area contributed by atoms with Gasteiger partial charge < -0.3 is 5.73 Å². The van der Waals surface area contributed by atoms with Gasteiger partial charge in [-0.3, -0.25) is 0 Å². The summed E-state index contributed by atoms with van der Waals surface area (Å²) in [6.45, 7) is 3.02. The third kappa shape index (κ3) is 8.29. The molecule has 0 spiro atoms. The molecule has 6 heteroatoms. The molecule has 0 amide bonds. The maximum atomic E-state index is 12.2. The van der Waals surface area contributed by atoms with Crippen molar-refractivity contribution in [1.82, 2.24) is 4.72 Å². The molecule has 0 fully saturated rings. The molecule has 0 aromatic carbocycles. The van der Waals surface area contributed by atoms with Crippen LogP contribution in [0.1, 0.15) is 76.7 Å². The lowest BCUT2D eigenvalue weighted by Crippen LogP contribution is -2.25. The Morgan fingerprint density at radius 3 is 2.13 bits per heavy atom. The predicted molar refractivity (Wildman–Crippen MR) is 99.2 cm³/mol. The van der Waals surface area contributed by atoms with Gasteiger partial charge in [-0.2, -0.15) is 0 Å². The number of hydrogen-bond donors (Lipinski definition) is 2. The zero-order valence-corrected chi connectivity index (χ0v) is 16.0. The fraction of sp³-hybridized carbons (Fsp3) is 0.765. The topological polar surface area (TPSA) is 72.2 Å². The first-order valence-corrected chi connectivity index (χ1v) is 11.2. The molecule has 1 aromatic heterocycles. The summed E-state index contributed by atoms with van der Waals surface area (Å²) in [5, 5.41) is 1.78. The number of nitrogens with two attached hydrogens (primary N) is 1. The number of unbranched alkanes of at least 4 members (excludes halogenated alkanes) is 9. The molecule has 3 N–H and O–H groups in total. The summed E-state index contributed by atoms with van der Waals surface area (Å²) in [6, 6.07) is 1.78. The smallest absolute Gasteiger partial charge is 0.250 e. The van der Waals surface area contributed by atoms with E-state index in [4.69, 9.17) is 5.73 Å². The molecule has 23 heavy (non-hydrogen) atoms. The third-order valence-corrected chi connectivity index (χ3v) is 7.02. The van der Waals surface area contributed by atoms with Gasteiger partial charge in [0.1, 0.15) is 4.21 Å². The lowest BCUT2D eigenvalue weighted by molar-refractivity contribution is 0.549. The highest BCUT2D eigenvalue weighted by molar-refractivity contribution is 7.91. The summed E-state index contributed by atoms with van der Waals surface area (Å²) in [4.78, 5) is 0. The first kappa shape index (κ1) is 20.6. The predicted octanol–water partition coefficient (Wildman–Crippen LogP) is 4.41. The summed E-state index contributed by atoms with van der Waals surface area (Å²) < 4.78 is 27.4. The molecule has 4 nitrogen and oxygen atoms in total. The Morgan fingerprint density at radius 1 is 1.00 bits per heavy atom. The van der Waals surface area contributed by atoms with Crippen LogP contribution in [0.25, 0.3) is 0 Å². The second-order valence-corrected chi connectivity index (χ2v) is 8.90. The summed E-state index contributed by atoms with van der Waals surface area (Å²) in [5.41, 5.74) is 6.27. The van der Waals surface area contributed by atoms with Crippen LogP contribution in [0.2, 0.25) is 0 Å². The first-order valence-electron chi connectivity index (χ1n) is 8.88. The van der Waals surface area contributed by atoms with E-state index in [9.17, 15) is 8.42 Å². The highest BCUT2D eigenvalue weighted by Gasteiger charge is 2.18. The van der Waals surface area contributed by atoms with E-state index in [1.54, 1.807) is 11.4 Å². The number of nitrogens with one attached hydrogen (secondary N) is 1. The van der Waals surface area contributed by atoms with Gasteiger partial charge in [-0.25, -0.2) is 13.1 Å². The van der Waals surface area contributed by atoms with Crippen LogP contribution in [-0.2, 0) is 16.6 Å². The molecule has 0 aliphatic carbocycles. The number of thiophene rings is 1. The summed E-state index contributed by atoms with van der Waals surface area (Å²) >= 11 is 1.23. The fourth-order valence-corrected chi connectivity index (χ4v) is 5.14. The molecular weight excluding hydrogens is 328 g/mol. The van der Waals surface area contributed by atoms with Crippen molar-refractivity contribution in [3.8, 4) is 0 Å². The van der Waals surface area contributed by atoms with E-state index >= 15 is 0 Å². The molecule has 1 heterocycles. The van der Waals surface area contributed by atoms with Gasteiger partial charge in [0.2, 0.25) is 10.0 Å². The van der Waals surface area contributed by atoms with Gasteiger partial charge in [0.15, 0.2) is 0 Å². The van der Waals surface area contributed by atoms with E-state index < -0.39 is 10.0 Å². The van der Waals surface area contributed by atoms with Crippen molar-refractivity contribution < 1.29 is 8.42 Å². The maximum absolute atomic E-state index is 12.2. The minimum Gasteiger partial charge on any atom is -0.326 e. The van der Waals surface area contributed by atoms with Crippen LogP contribution in [0.5, 0.6) is 0 Å². The SMILES string of the molecule is CCCCCCCCCCCCNS(=O)(=O)c1sccc1CN. The molecule has 0 atom stereocenters. The van der Waals surface area contributed by atoms with E-state index in [2.05, 4.69) is 11.6 Å². The van der Waals surface area contributed by atoms with Gasteiger partial charge in [-0.1, -0.05) is 64.7 Å². The van der Waals surface area contributed by atoms with Crippen LogP contribution >= 0.6 is 11.3 Å². The molecule has 1 aromatic rings. The van der Waals surface area contributed by atoms with E-state index in [0.29, 0.717) is 16.3 Å². The Balaban J connectivity index is 2.06. The molecule has 0 saturated heterocycles. The second kappa shape index (κ2) is 12.0. The largest absolute Gasteiger partial charge is 0.326 e. The number of hydrogen-bond acceptors (Lipinski definition) is 4. The highest BCUT2D eigenvalue weighted by atomic mass is 32.2. The molecule has 1 rings (SSSR count). The third-order valence-electron chi connectivity index (χ3n) is 3.99. The summed E-state index contributed by atoms with van der Waals surface area (Å²) in [6.07, 6.45) is 12.5. The molecule has 134 valence electrons. The van der Waals surface area contributed by atoms with Crippen LogP contribution in [0.15, 0.2) is 15.7 Å². The van der Waals surface area contributed by atoms with E-state index in [1.807, 2.05) is 0 Å². The Morgan fingerprint density at radius 2 is 1.57 bits per heavy atom. The Labute approximate surface area is 145 Å². The highest BCUT2D eigenvalue weighted by Crippen LogP contribution is 2.22. The van der Waals surface area contributed by atoms with Crippen molar-refractivity contribution in [2.24, 2.45) is 5.73 Å². The zero-order chi connectivity index (χ0) is 17.0. The normalized spacial score (nSPS) is 11.9. The lowest BCUT2D eigenvalue weighted by Gasteiger charge is -2.07. The maximum Gasteiger partial charge on any atom is 0.250 e. The minimum atomic E-state index is -3.38. The van der Waals surface area contributed by atoms with Gasteiger partial charge in [0.25, 0.3) is 0 Å². The van der Waals surface area contributed by atoms with Crippen molar-refractivity contribution in [3.05, 3.63) is 17.0 Å². The molecule has 0 radical (unpaired) electrons. The van der Waals surface area contributed by atoms with Gasteiger partial charge >= 0.3 is 0 Å².